The highest BCUT2D eigenvalue weighted by Gasteiger charge is 2.15. The summed E-state index contributed by atoms with van der Waals surface area (Å²) >= 11 is 0. The van der Waals surface area contributed by atoms with Gasteiger partial charge in [-0.25, -0.2) is 19.6 Å². The number of rotatable bonds is 7. The number of carbonyl (C=O) groups is 2. The highest BCUT2D eigenvalue weighted by Crippen LogP contribution is 2.24. The second-order valence-electron chi connectivity index (χ2n) is 7.45. The summed E-state index contributed by atoms with van der Waals surface area (Å²) < 4.78 is 7.05. The number of imidazole rings is 1. The summed E-state index contributed by atoms with van der Waals surface area (Å²) in [5.41, 5.74) is 4.39. The molecule has 2 N–H and O–H groups in total. The van der Waals surface area contributed by atoms with Crippen LogP contribution >= 0.6 is 0 Å². The molecule has 8 heteroatoms. The fourth-order valence-electron chi connectivity index (χ4n) is 3.52. The molecule has 4 rings (SSSR count). The van der Waals surface area contributed by atoms with E-state index in [0.29, 0.717) is 24.3 Å². The number of esters is 1. The van der Waals surface area contributed by atoms with Crippen molar-refractivity contribution in [1.29, 1.82) is 0 Å². The molecule has 2 aromatic heterocycles. The van der Waals surface area contributed by atoms with Crippen molar-refractivity contribution in [3.63, 3.8) is 0 Å². The Hall–Kier alpha value is -4.20. The van der Waals surface area contributed by atoms with Crippen LogP contribution in [0.1, 0.15) is 22.8 Å². The van der Waals surface area contributed by atoms with E-state index in [1.54, 1.807) is 37.4 Å². The highest BCUT2D eigenvalue weighted by molar-refractivity contribution is 6.00. The standard InChI is InChI=1S/C25H25N5O3/c1-3-33-24(31)19-7-4-5-8-20(19)29-25(32)27-15-16-30-22(18-12-10-17(2)11-13-18)28-21-9-6-14-26-23(21)30/h4-14H,3,15-16H2,1-2H3,(H2,27,29,32). The van der Waals surface area contributed by atoms with Gasteiger partial charge in [-0.2, -0.15) is 0 Å². The lowest BCUT2D eigenvalue weighted by Crippen LogP contribution is -2.32. The molecule has 0 bridgehead atoms. The maximum absolute atomic E-state index is 12.5. The largest absolute Gasteiger partial charge is 0.462 e. The second kappa shape index (κ2) is 9.95. The lowest BCUT2D eigenvalue weighted by Gasteiger charge is -2.13. The van der Waals surface area contributed by atoms with Gasteiger partial charge in [0, 0.05) is 24.8 Å². The molecule has 33 heavy (non-hydrogen) atoms. The van der Waals surface area contributed by atoms with Gasteiger partial charge in [0.05, 0.1) is 17.9 Å². The molecule has 0 fully saturated rings. The fourth-order valence-corrected chi connectivity index (χ4v) is 3.52. The maximum Gasteiger partial charge on any atom is 0.340 e. The van der Waals surface area contributed by atoms with Crippen LogP contribution in [0.4, 0.5) is 10.5 Å². The molecule has 2 amide bonds. The summed E-state index contributed by atoms with van der Waals surface area (Å²) in [5, 5.41) is 5.57. The van der Waals surface area contributed by atoms with Gasteiger partial charge in [0.1, 0.15) is 11.3 Å². The Morgan fingerprint density at radius 2 is 1.82 bits per heavy atom. The van der Waals surface area contributed by atoms with E-state index in [2.05, 4.69) is 15.6 Å². The number of amides is 2. The summed E-state index contributed by atoms with van der Waals surface area (Å²) in [6.45, 7) is 4.85. The minimum Gasteiger partial charge on any atom is -0.462 e. The summed E-state index contributed by atoms with van der Waals surface area (Å²) in [7, 11) is 0. The van der Waals surface area contributed by atoms with Crippen LogP contribution in [-0.2, 0) is 11.3 Å². The topological polar surface area (TPSA) is 98.1 Å². The number of para-hydroxylation sites is 1. The van der Waals surface area contributed by atoms with Gasteiger partial charge in [0.25, 0.3) is 0 Å². The number of benzene rings is 2. The molecule has 0 aliphatic carbocycles. The quantitative estimate of drug-likeness (QED) is 0.413. The number of hydrogen-bond acceptors (Lipinski definition) is 5. The van der Waals surface area contributed by atoms with Crippen molar-refractivity contribution in [2.24, 2.45) is 0 Å². The van der Waals surface area contributed by atoms with Crippen molar-refractivity contribution in [1.82, 2.24) is 19.9 Å². The molecule has 2 aromatic carbocycles. The van der Waals surface area contributed by atoms with E-state index in [0.717, 1.165) is 22.6 Å². The molecule has 168 valence electrons. The number of urea groups is 1. The predicted molar refractivity (Wildman–Crippen MR) is 127 cm³/mol. The average molecular weight is 444 g/mol. The molecule has 8 nitrogen and oxygen atoms in total. The molecule has 0 unspecified atom stereocenters. The molecule has 0 radical (unpaired) electrons. The molecular formula is C25H25N5O3. The number of aryl methyl sites for hydroxylation is 1. The molecule has 4 aromatic rings. The number of nitrogens with one attached hydrogen (secondary N) is 2. The minimum absolute atomic E-state index is 0.260. The van der Waals surface area contributed by atoms with Crippen LogP contribution in [0.2, 0.25) is 0 Å². The first-order valence-electron chi connectivity index (χ1n) is 10.8. The lowest BCUT2D eigenvalue weighted by molar-refractivity contribution is 0.0527. The Morgan fingerprint density at radius 3 is 2.61 bits per heavy atom. The Kier molecular flexibility index (Phi) is 6.64. The second-order valence-corrected chi connectivity index (χ2v) is 7.45. The van der Waals surface area contributed by atoms with E-state index in [1.807, 2.05) is 47.9 Å². The maximum atomic E-state index is 12.5. The van der Waals surface area contributed by atoms with Crippen LogP contribution in [0.5, 0.6) is 0 Å². The Labute approximate surface area is 191 Å². The molecule has 0 saturated heterocycles. The number of nitrogens with zero attached hydrogens (tertiary/aromatic N) is 3. The number of carbonyl (C=O) groups excluding carboxylic acids is 2. The zero-order chi connectivity index (χ0) is 23.2. The van der Waals surface area contributed by atoms with Crippen LogP contribution in [-0.4, -0.2) is 39.7 Å². The van der Waals surface area contributed by atoms with Gasteiger partial charge in [0.2, 0.25) is 0 Å². The lowest BCUT2D eigenvalue weighted by atomic mass is 10.1. The van der Waals surface area contributed by atoms with Gasteiger partial charge < -0.3 is 19.9 Å². The van der Waals surface area contributed by atoms with Crippen LogP contribution in [0, 0.1) is 6.92 Å². The van der Waals surface area contributed by atoms with E-state index in [4.69, 9.17) is 9.72 Å². The Morgan fingerprint density at radius 1 is 1.03 bits per heavy atom. The zero-order valence-electron chi connectivity index (χ0n) is 18.5. The van der Waals surface area contributed by atoms with Gasteiger partial charge in [-0.05, 0) is 38.1 Å². The predicted octanol–water partition coefficient (Wildman–Crippen LogP) is 4.41. The van der Waals surface area contributed by atoms with Gasteiger partial charge in [-0.1, -0.05) is 42.0 Å². The van der Waals surface area contributed by atoms with Crippen LogP contribution in [0.3, 0.4) is 0 Å². The highest BCUT2D eigenvalue weighted by atomic mass is 16.5. The third-order valence-electron chi connectivity index (χ3n) is 5.11. The van der Waals surface area contributed by atoms with Crippen molar-refractivity contribution < 1.29 is 14.3 Å². The molecule has 0 aliphatic rings. The summed E-state index contributed by atoms with van der Waals surface area (Å²) in [6.07, 6.45) is 1.73. The van der Waals surface area contributed by atoms with Gasteiger partial charge in [-0.15, -0.1) is 0 Å². The average Bonchev–Trinajstić information content (AvgIpc) is 3.19. The first-order valence-corrected chi connectivity index (χ1v) is 10.8. The number of ether oxygens (including phenoxy) is 1. The van der Waals surface area contributed by atoms with Gasteiger partial charge in [0.15, 0.2) is 5.65 Å². The fraction of sp³-hybridized carbons (Fsp3) is 0.200. The number of fused-ring (bicyclic) bond motifs is 1. The smallest absolute Gasteiger partial charge is 0.340 e. The molecule has 0 atom stereocenters. The van der Waals surface area contributed by atoms with Crippen molar-refractivity contribution in [3.05, 3.63) is 78.0 Å². The summed E-state index contributed by atoms with van der Waals surface area (Å²) in [4.78, 5) is 33.9. The third-order valence-corrected chi connectivity index (χ3v) is 5.11. The normalized spacial score (nSPS) is 10.7. The number of hydrogen-bond donors (Lipinski definition) is 2. The molecule has 0 saturated carbocycles. The summed E-state index contributed by atoms with van der Waals surface area (Å²) in [5.74, 6) is 0.311. The van der Waals surface area contributed by atoms with E-state index in [1.165, 1.54) is 5.56 Å². The zero-order valence-corrected chi connectivity index (χ0v) is 18.5. The molecule has 0 spiro atoms. The van der Waals surface area contributed by atoms with E-state index < -0.39 is 12.0 Å². The number of anilines is 1. The van der Waals surface area contributed by atoms with Gasteiger partial charge in [-0.3, -0.25) is 0 Å². The monoisotopic (exact) mass is 443 g/mol. The van der Waals surface area contributed by atoms with E-state index in [9.17, 15) is 9.59 Å². The number of pyridine rings is 1. The van der Waals surface area contributed by atoms with E-state index in [-0.39, 0.29) is 6.61 Å². The van der Waals surface area contributed by atoms with Crippen molar-refractivity contribution in [2.45, 2.75) is 20.4 Å². The van der Waals surface area contributed by atoms with Gasteiger partial charge >= 0.3 is 12.0 Å². The Bertz CT molecular complexity index is 1280. The summed E-state index contributed by atoms with van der Waals surface area (Å²) in [6, 6.07) is 18.2. The Balaban J connectivity index is 1.48. The van der Waals surface area contributed by atoms with Crippen molar-refractivity contribution >= 4 is 28.9 Å². The minimum atomic E-state index is -0.480. The SMILES string of the molecule is CCOC(=O)c1ccccc1NC(=O)NCCn1c(-c2ccc(C)cc2)nc2cccnc21. The number of aromatic nitrogens is 3. The van der Waals surface area contributed by atoms with Crippen LogP contribution in [0.25, 0.3) is 22.6 Å². The van der Waals surface area contributed by atoms with Crippen LogP contribution in [0.15, 0.2) is 66.9 Å². The molecular weight excluding hydrogens is 418 g/mol. The molecule has 2 heterocycles. The van der Waals surface area contributed by atoms with Crippen molar-refractivity contribution in [3.8, 4) is 11.4 Å². The first-order chi connectivity index (χ1) is 16.1. The van der Waals surface area contributed by atoms with Crippen molar-refractivity contribution in [2.75, 3.05) is 18.5 Å². The van der Waals surface area contributed by atoms with Crippen LogP contribution < -0.4 is 10.6 Å². The first kappa shape index (κ1) is 22.0. The third kappa shape index (κ3) is 5.01. The molecule has 0 aliphatic heterocycles. The van der Waals surface area contributed by atoms with E-state index >= 15 is 0 Å².